The molecule has 1 aromatic carbocycles. The van der Waals surface area contributed by atoms with Gasteiger partial charge >= 0.3 is 0 Å². The van der Waals surface area contributed by atoms with Crippen LogP contribution in [-0.4, -0.2) is 30.3 Å². The fourth-order valence-electron chi connectivity index (χ4n) is 3.23. The summed E-state index contributed by atoms with van der Waals surface area (Å²) in [5, 5.41) is 17.9. The molecule has 0 atom stereocenters. The molecule has 9 heteroatoms. The molecular weight excluding hydrogens is 412 g/mol. The average molecular weight is 428 g/mol. The van der Waals surface area contributed by atoms with Crippen molar-refractivity contribution in [2.45, 2.75) is 0 Å². The summed E-state index contributed by atoms with van der Waals surface area (Å²) in [4.78, 5) is 25.8. The molecular formula is C22H16N6O2S. The van der Waals surface area contributed by atoms with Crippen LogP contribution in [0.25, 0.3) is 27.6 Å². The van der Waals surface area contributed by atoms with Crippen LogP contribution in [0.15, 0.2) is 77.0 Å². The number of carbonyl (C=O) groups is 1. The summed E-state index contributed by atoms with van der Waals surface area (Å²) in [5.74, 6) is 0.219. The van der Waals surface area contributed by atoms with Gasteiger partial charge in [0.15, 0.2) is 11.5 Å². The number of anilines is 1. The van der Waals surface area contributed by atoms with E-state index < -0.39 is 5.91 Å². The van der Waals surface area contributed by atoms with Crippen LogP contribution in [0.1, 0.15) is 10.4 Å². The third kappa shape index (κ3) is 3.51. The monoisotopic (exact) mass is 428 g/mol. The minimum absolute atomic E-state index is 0.0834. The van der Waals surface area contributed by atoms with Crippen molar-refractivity contribution in [3.05, 3.63) is 88.2 Å². The summed E-state index contributed by atoms with van der Waals surface area (Å²) in [7, 11) is 1.61. The van der Waals surface area contributed by atoms with Crippen LogP contribution >= 0.6 is 11.3 Å². The Hall–Kier alpha value is -4.11. The van der Waals surface area contributed by atoms with Gasteiger partial charge in [-0.1, -0.05) is 18.2 Å². The van der Waals surface area contributed by atoms with Crippen molar-refractivity contribution in [2.75, 3.05) is 5.32 Å². The van der Waals surface area contributed by atoms with Crippen LogP contribution in [-0.2, 0) is 7.05 Å². The van der Waals surface area contributed by atoms with E-state index in [0.717, 1.165) is 10.4 Å². The zero-order chi connectivity index (χ0) is 21.4. The molecule has 4 aromatic heterocycles. The van der Waals surface area contributed by atoms with E-state index in [1.54, 1.807) is 41.2 Å². The maximum atomic E-state index is 12.6. The molecule has 0 saturated heterocycles. The highest BCUT2D eigenvalue weighted by Crippen LogP contribution is 2.25. The Morgan fingerprint density at radius 2 is 1.94 bits per heavy atom. The number of nitrogens with zero attached hydrogens (tertiary/aromatic N) is 5. The smallest absolute Gasteiger partial charge is 0.263 e. The Labute approximate surface area is 180 Å². The minimum atomic E-state index is -0.458. The van der Waals surface area contributed by atoms with Gasteiger partial charge in [0.05, 0.1) is 10.6 Å². The van der Waals surface area contributed by atoms with E-state index in [-0.39, 0.29) is 11.1 Å². The van der Waals surface area contributed by atoms with Crippen molar-refractivity contribution >= 4 is 28.6 Å². The molecule has 5 rings (SSSR count). The van der Waals surface area contributed by atoms with E-state index in [0.29, 0.717) is 22.9 Å². The number of thiophene rings is 1. The van der Waals surface area contributed by atoms with Crippen molar-refractivity contribution in [3.8, 4) is 22.0 Å². The van der Waals surface area contributed by atoms with Gasteiger partial charge in [-0.25, -0.2) is 0 Å². The fourth-order valence-corrected chi connectivity index (χ4v) is 3.92. The molecule has 4 heterocycles. The second-order valence-corrected chi connectivity index (χ2v) is 7.81. The highest BCUT2D eigenvalue weighted by molar-refractivity contribution is 7.13. The van der Waals surface area contributed by atoms with Gasteiger partial charge in [0.2, 0.25) is 0 Å². The highest BCUT2D eigenvalue weighted by Gasteiger charge is 2.14. The van der Waals surface area contributed by atoms with E-state index in [1.165, 1.54) is 10.6 Å². The number of aryl methyl sites for hydroxylation is 1. The Morgan fingerprint density at radius 1 is 1.03 bits per heavy atom. The summed E-state index contributed by atoms with van der Waals surface area (Å²) < 4.78 is 3.08. The van der Waals surface area contributed by atoms with E-state index in [1.807, 2.05) is 47.8 Å². The first-order chi connectivity index (χ1) is 15.1. The molecule has 8 nitrogen and oxygen atoms in total. The number of fused-ring (bicyclic) bond motifs is 1. The van der Waals surface area contributed by atoms with Gasteiger partial charge in [-0.05, 0) is 47.8 Å². The number of rotatable bonds is 4. The molecule has 0 aliphatic heterocycles. The molecule has 0 bridgehead atoms. The van der Waals surface area contributed by atoms with Gasteiger partial charge in [0.1, 0.15) is 5.56 Å². The molecule has 0 saturated carbocycles. The summed E-state index contributed by atoms with van der Waals surface area (Å²) in [6.45, 7) is 0. The lowest BCUT2D eigenvalue weighted by Crippen LogP contribution is -2.27. The topological polar surface area (TPSA) is 94.2 Å². The second-order valence-electron chi connectivity index (χ2n) is 6.86. The first-order valence-corrected chi connectivity index (χ1v) is 10.3. The molecule has 1 amide bonds. The van der Waals surface area contributed by atoms with Crippen molar-refractivity contribution in [1.82, 2.24) is 24.4 Å². The van der Waals surface area contributed by atoms with Gasteiger partial charge in [-0.2, -0.15) is 9.61 Å². The molecule has 152 valence electrons. The van der Waals surface area contributed by atoms with Gasteiger partial charge < -0.3 is 9.88 Å². The molecule has 0 radical (unpaired) electrons. The number of aromatic nitrogens is 5. The third-order valence-electron chi connectivity index (χ3n) is 4.79. The maximum Gasteiger partial charge on any atom is 0.263 e. The quantitative estimate of drug-likeness (QED) is 0.473. The maximum absolute atomic E-state index is 12.6. The van der Waals surface area contributed by atoms with Gasteiger partial charge in [-0.15, -0.1) is 21.5 Å². The van der Waals surface area contributed by atoms with E-state index in [2.05, 4.69) is 15.5 Å². The molecule has 5 aromatic rings. The summed E-state index contributed by atoms with van der Waals surface area (Å²) >= 11 is 1.57. The van der Waals surface area contributed by atoms with Crippen LogP contribution in [0, 0.1) is 0 Å². The Morgan fingerprint density at radius 3 is 2.77 bits per heavy atom. The van der Waals surface area contributed by atoms with Crippen molar-refractivity contribution in [1.29, 1.82) is 0 Å². The summed E-state index contributed by atoms with van der Waals surface area (Å²) in [6.07, 6.45) is 1.61. The predicted molar refractivity (Wildman–Crippen MR) is 119 cm³/mol. The van der Waals surface area contributed by atoms with Crippen LogP contribution in [0.2, 0.25) is 0 Å². The average Bonchev–Trinajstić information content (AvgIpc) is 3.45. The van der Waals surface area contributed by atoms with E-state index >= 15 is 0 Å². The summed E-state index contributed by atoms with van der Waals surface area (Å²) in [6, 6.07) is 18.1. The summed E-state index contributed by atoms with van der Waals surface area (Å²) in [5.41, 5.74) is 2.47. The molecule has 0 fully saturated rings. The molecule has 0 unspecified atom stereocenters. The molecule has 31 heavy (non-hydrogen) atoms. The Bertz CT molecular complexity index is 1470. The van der Waals surface area contributed by atoms with Crippen molar-refractivity contribution in [2.24, 2.45) is 7.05 Å². The molecule has 0 aliphatic rings. The number of pyridine rings is 1. The van der Waals surface area contributed by atoms with Crippen molar-refractivity contribution in [3.63, 3.8) is 0 Å². The normalized spacial score (nSPS) is 11.0. The number of carbonyl (C=O) groups excluding carboxylic acids is 1. The van der Waals surface area contributed by atoms with Gasteiger partial charge in [0, 0.05) is 24.5 Å². The lowest BCUT2D eigenvalue weighted by Gasteiger charge is -2.08. The number of amides is 1. The molecule has 1 N–H and O–H groups in total. The van der Waals surface area contributed by atoms with Crippen LogP contribution < -0.4 is 10.9 Å². The molecule has 0 spiro atoms. The Kier molecular flexibility index (Phi) is 4.64. The first kappa shape index (κ1) is 18.9. The number of benzene rings is 1. The minimum Gasteiger partial charge on any atom is -0.322 e. The number of hydrogen-bond acceptors (Lipinski definition) is 6. The van der Waals surface area contributed by atoms with E-state index in [9.17, 15) is 9.59 Å². The lowest BCUT2D eigenvalue weighted by molar-refractivity contribution is 0.102. The molecule has 0 aliphatic carbocycles. The fraction of sp³-hybridized carbons (Fsp3) is 0.0455. The van der Waals surface area contributed by atoms with E-state index in [4.69, 9.17) is 5.10 Å². The third-order valence-corrected chi connectivity index (χ3v) is 5.65. The first-order valence-electron chi connectivity index (χ1n) is 9.44. The predicted octanol–water partition coefficient (Wildman–Crippen LogP) is 3.47. The highest BCUT2D eigenvalue weighted by atomic mass is 32.1. The van der Waals surface area contributed by atoms with Crippen LogP contribution in [0.4, 0.5) is 5.69 Å². The number of hydrogen-bond donors (Lipinski definition) is 1. The zero-order valence-electron chi connectivity index (χ0n) is 16.4. The standard InChI is InChI=1S/C22H16N6O2S/c1-27-11-3-7-16(22(27)30)21(29)23-15-6-2-5-14(13-15)17-9-10-19-24-25-20(28(19)26-17)18-8-4-12-31-18/h2-13H,1H3,(H,23,29). The Balaban J connectivity index is 1.48. The van der Waals surface area contributed by atoms with Crippen molar-refractivity contribution < 1.29 is 4.79 Å². The number of nitrogens with one attached hydrogen (secondary N) is 1. The van der Waals surface area contributed by atoms with Gasteiger partial charge in [0.25, 0.3) is 11.5 Å². The largest absolute Gasteiger partial charge is 0.322 e. The SMILES string of the molecule is Cn1cccc(C(=O)Nc2cccc(-c3ccc4nnc(-c5cccs5)n4n3)c2)c1=O. The zero-order valence-corrected chi connectivity index (χ0v) is 17.2. The van der Waals surface area contributed by atoms with Gasteiger partial charge in [-0.3, -0.25) is 9.59 Å². The lowest BCUT2D eigenvalue weighted by atomic mass is 10.1. The van der Waals surface area contributed by atoms with Crippen LogP contribution in [0.5, 0.6) is 0 Å². The van der Waals surface area contributed by atoms with Crippen LogP contribution in [0.3, 0.4) is 0 Å². The second kappa shape index (κ2) is 7.62.